The summed E-state index contributed by atoms with van der Waals surface area (Å²) in [6.07, 6.45) is -3.51. The SMILES string of the molecule is CC(=O)[C@H](O)[C@@H](O)C(=O)OP. The van der Waals surface area contributed by atoms with Crippen molar-refractivity contribution in [2.75, 3.05) is 0 Å². The Morgan fingerprint density at radius 3 is 2.09 bits per heavy atom. The molecule has 0 saturated carbocycles. The van der Waals surface area contributed by atoms with Crippen LogP contribution in [0.4, 0.5) is 0 Å². The van der Waals surface area contributed by atoms with Crippen molar-refractivity contribution >= 4 is 21.2 Å². The molecule has 3 atom stereocenters. The number of aliphatic hydroxyl groups excluding tert-OH is 2. The smallest absolute Gasteiger partial charge is 0.340 e. The van der Waals surface area contributed by atoms with Gasteiger partial charge >= 0.3 is 5.97 Å². The molecule has 1 unspecified atom stereocenters. The quantitative estimate of drug-likeness (QED) is 0.523. The van der Waals surface area contributed by atoms with Gasteiger partial charge in [0.15, 0.2) is 11.9 Å². The van der Waals surface area contributed by atoms with E-state index in [-0.39, 0.29) is 0 Å². The third-order valence-electron chi connectivity index (χ3n) is 1.07. The van der Waals surface area contributed by atoms with Crippen LogP contribution in [0.1, 0.15) is 6.92 Å². The molecule has 0 heterocycles. The van der Waals surface area contributed by atoms with Crippen LogP contribution in [-0.4, -0.2) is 34.2 Å². The maximum Gasteiger partial charge on any atom is 0.340 e. The standard InChI is InChI=1S/C5H9O5P/c1-2(6)3(7)4(8)5(9)10-11/h3-4,7-8H,11H2,1H3/t3-,4+/m0/s1. The molecular formula is C5H9O5P. The lowest BCUT2D eigenvalue weighted by molar-refractivity contribution is -0.153. The normalized spacial score (nSPS) is 15.3. The molecule has 64 valence electrons. The maximum atomic E-state index is 10.5. The molecule has 0 bridgehead atoms. The lowest BCUT2D eigenvalue weighted by Crippen LogP contribution is -2.38. The van der Waals surface area contributed by atoms with Gasteiger partial charge < -0.3 is 14.7 Å². The second kappa shape index (κ2) is 4.38. The highest BCUT2D eigenvalue weighted by Crippen LogP contribution is 2.00. The molecule has 0 radical (unpaired) electrons. The van der Waals surface area contributed by atoms with E-state index in [0.29, 0.717) is 0 Å². The Labute approximate surface area is 65.6 Å². The summed E-state index contributed by atoms with van der Waals surface area (Å²) in [7, 11) is 1.61. The van der Waals surface area contributed by atoms with Crippen LogP contribution >= 0.6 is 9.47 Å². The Hall–Kier alpha value is -0.510. The largest absolute Gasteiger partial charge is 0.450 e. The number of rotatable bonds is 3. The van der Waals surface area contributed by atoms with E-state index < -0.39 is 24.0 Å². The van der Waals surface area contributed by atoms with Crippen LogP contribution in [0, 0.1) is 0 Å². The van der Waals surface area contributed by atoms with Crippen LogP contribution in [-0.2, 0) is 14.1 Å². The first kappa shape index (κ1) is 10.5. The minimum Gasteiger partial charge on any atom is -0.450 e. The number of Topliss-reactive ketones (excluding diaryl/α,β-unsaturated/α-hetero) is 1. The van der Waals surface area contributed by atoms with Gasteiger partial charge in [0.25, 0.3) is 0 Å². The van der Waals surface area contributed by atoms with Crippen LogP contribution < -0.4 is 0 Å². The Morgan fingerprint density at radius 2 is 1.82 bits per heavy atom. The monoisotopic (exact) mass is 180 g/mol. The predicted molar refractivity (Wildman–Crippen MR) is 38.5 cm³/mol. The highest BCUT2D eigenvalue weighted by atomic mass is 31.0. The summed E-state index contributed by atoms with van der Waals surface area (Å²) in [4.78, 5) is 20.8. The van der Waals surface area contributed by atoms with Crippen molar-refractivity contribution in [2.45, 2.75) is 19.1 Å². The second-order valence-corrected chi connectivity index (χ2v) is 2.17. The zero-order chi connectivity index (χ0) is 9.02. The van der Waals surface area contributed by atoms with Gasteiger partial charge in [-0.25, -0.2) is 4.79 Å². The van der Waals surface area contributed by atoms with E-state index in [1.54, 1.807) is 9.47 Å². The van der Waals surface area contributed by atoms with E-state index in [0.717, 1.165) is 6.92 Å². The lowest BCUT2D eigenvalue weighted by atomic mass is 10.1. The molecule has 11 heavy (non-hydrogen) atoms. The molecule has 0 rings (SSSR count). The van der Waals surface area contributed by atoms with E-state index >= 15 is 0 Å². The van der Waals surface area contributed by atoms with Crippen molar-refractivity contribution in [2.24, 2.45) is 0 Å². The fourth-order valence-corrected chi connectivity index (χ4v) is 0.560. The average Bonchev–Trinajstić information content (AvgIpc) is 2.00. The van der Waals surface area contributed by atoms with Gasteiger partial charge in [-0.15, -0.1) is 0 Å². The lowest BCUT2D eigenvalue weighted by Gasteiger charge is -2.11. The molecular weight excluding hydrogens is 171 g/mol. The Balaban J connectivity index is 4.12. The minimum absolute atomic E-state index is 0.687. The van der Waals surface area contributed by atoms with Crippen LogP contribution in [0.5, 0.6) is 0 Å². The third kappa shape index (κ3) is 2.93. The number of carbonyl (C=O) groups is 2. The zero-order valence-electron chi connectivity index (χ0n) is 5.85. The van der Waals surface area contributed by atoms with Gasteiger partial charge in [-0.1, -0.05) is 0 Å². The van der Waals surface area contributed by atoms with E-state index in [1.165, 1.54) is 0 Å². The summed E-state index contributed by atoms with van der Waals surface area (Å²) in [6.45, 7) is 1.06. The predicted octanol–water partition coefficient (Wildman–Crippen LogP) is -1.37. The van der Waals surface area contributed by atoms with Gasteiger partial charge in [0.1, 0.15) is 6.10 Å². The van der Waals surface area contributed by atoms with E-state index in [2.05, 4.69) is 4.52 Å². The summed E-state index contributed by atoms with van der Waals surface area (Å²) < 4.78 is 4.00. The number of carbonyl (C=O) groups excluding carboxylic acids is 2. The number of ketones is 1. The molecule has 0 aliphatic rings. The molecule has 2 N–H and O–H groups in total. The van der Waals surface area contributed by atoms with Gasteiger partial charge in [0.05, 0.1) is 9.47 Å². The van der Waals surface area contributed by atoms with E-state index in [9.17, 15) is 9.59 Å². The van der Waals surface area contributed by atoms with Gasteiger partial charge in [-0.3, -0.25) is 4.79 Å². The molecule has 5 nitrogen and oxygen atoms in total. The van der Waals surface area contributed by atoms with Gasteiger partial charge in [-0.2, -0.15) is 0 Å². The molecule has 0 aliphatic carbocycles. The molecule has 0 aromatic rings. The fourth-order valence-electron chi connectivity index (χ4n) is 0.421. The van der Waals surface area contributed by atoms with Crippen LogP contribution in [0.3, 0.4) is 0 Å². The Kier molecular flexibility index (Phi) is 4.18. The molecule has 0 saturated heterocycles. The summed E-state index contributed by atoms with van der Waals surface area (Å²) >= 11 is 0. The minimum atomic E-state index is -1.80. The highest BCUT2D eigenvalue weighted by molar-refractivity contribution is 7.10. The number of hydrogen-bond donors (Lipinski definition) is 2. The van der Waals surface area contributed by atoms with Gasteiger partial charge in [-0.05, 0) is 6.92 Å². The van der Waals surface area contributed by atoms with Crippen LogP contribution in [0.25, 0.3) is 0 Å². The first-order valence-electron chi connectivity index (χ1n) is 2.78. The van der Waals surface area contributed by atoms with Crippen molar-refractivity contribution < 1.29 is 24.3 Å². The first-order chi connectivity index (χ1) is 5.00. The summed E-state index contributed by atoms with van der Waals surface area (Å²) in [5.74, 6) is -1.74. The average molecular weight is 180 g/mol. The van der Waals surface area contributed by atoms with Gasteiger partial charge in [0.2, 0.25) is 0 Å². The number of hydrogen-bond acceptors (Lipinski definition) is 5. The van der Waals surface area contributed by atoms with Gasteiger partial charge in [0, 0.05) is 0 Å². The summed E-state index contributed by atoms with van der Waals surface area (Å²) in [5, 5.41) is 17.6. The molecule has 0 aliphatic heterocycles. The van der Waals surface area contributed by atoms with Crippen molar-refractivity contribution in [1.82, 2.24) is 0 Å². The van der Waals surface area contributed by atoms with Crippen LogP contribution in [0.2, 0.25) is 0 Å². The fraction of sp³-hybridized carbons (Fsp3) is 0.600. The van der Waals surface area contributed by atoms with E-state index in [1.807, 2.05) is 0 Å². The topological polar surface area (TPSA) is 83.8 Å². The summed E-state index contributed by atoms with van der Waals surface area (Å²) in [6, 6.07) is 0. The number of aliphatic hydroxyl groups is 2. The van der Waals surface area contributed by atoms with Crippen molar-refractivity contribution in [3.05, 3.63) is 0 Å². The first-order valence-corrected chi connectivity index (χ1v) is 3.25. The molecule has 0 aromatic heterocycles. The maximum absolute atomic E-state index is 10.5. The summed E-state index contributed by atoms with van der Waals surface area (Å²) in [5.41, 5.74) is 0. The van der Waals surface area contributed by atoms with Crippen molar-refractivity contribution in [3.63, 3.8) is 0 Å². The highest BCUT2D eigenvalue weighted by Gasteiger charge is 2.28. The Bertz CT molecular complexity index is 168. The molecule has 0 amide bonds. The van der Waals surface area contributed by atoms with E-state index in [4.69, 9.17) is 10.2 Å². The molecule has 6 heteroatoms. The molecule has 0 spiro atoms. The van der Waals surface area contributed by atoms with Crippen LogP contribution in [0.15, 0.2) is 0 Å². The third-order valence-corrected chi connectivity index (χ3v) is 1.31. The second-order valence-electron chi connectivity index (χ2n) is 1.94. The van der Waals surface area contributed by atoms with Crippen molar-refractivity contribution in [3.8, 4) is 0 Å². The molecule has 0 aromatic carbocycles. The zero-order valence-corrected chi connectivity index (χ0v) is 7.01. The van der Waals surface area contributed by atoms with Crippen molar-refractivity contribution in [1.29, 1.82) is 0 Å². The molecule has 0 fully saturated rings. The Morgan fingerprint density at radius 1 is 1.36 bits per heavy atom.